The smallest absolute Gasteiger partial charge is 0.119 e. The van der Waals surface area contributed by atoms with Crippen LogP contribution in [0.25, 0.3) is 0 Å². The Labute approximate surface area is 122 Å². The summed E-state index contributed by atoms with van der Waals surface area (Å²) < 4.78 is 6.37. The number of amidine groups is 1. The summed E-state index contributed by atoms with van der Waals surface area (Å²) in [6.07, 6.45) is 3.14. The van der Waals surface area contributed by atoms with E-state index < -0.39 is 0 Å². The van der Waals surface area contributed by atoms with Crippen molar-refractivity contribution >= 4 is 21.8 Å². The molecule has 0 unspecified atom stereocenters. The van der Waals surface area contributed by atoms with Crippen molar-refractivity contribution in [3.63, 3.8) is 0 Å². The zero-order valence-electron chi connectivity index (χ0n) is 11.2. The lowest BCUT2D eigenvalue weighted by atomic mass is 10.2. The van der Waals surface area contributed by atoms with E-state index in [1.807, 2.05) is 12.1 Å². The highest BCUT2D eigenvalue weighted by atomic mass is 79.9. The molecule has 0 aromatic heterocycles. The van der Waals surface area contributed by atoms with Gasteiger partial charge in [-0.2, -0.15) is 0 Å². The van der Waals surface area contributed by atoms with E-state index in [-0.39, 0.29) is 5.84 Å². The van der Waals surface area contributed by atoms with Crippen molar-refractivity contribution in [2.24, 2.45) is 5.73 Å². The number of nitrogens with one attached hydrogen (secondary N) is 1. The summed E-state index contributed by atoms with van der Waals surface area (Å²) in [7, 11) is 1.68. The fraction of sp³-hybridized carbons (Fsp3) is 0.500. The van der Waals surface area contributed by atoms with Gasteiger partial charge in [0, 0.05) is 30.0 Å². The molecule has 5 heteroatoms. The van der Waals surface area contributed by atoms with Crippen LogP contribution in [0.4, 0.5) is 0 Å². The van der Waals surface area contributed by atoms with Crippen molar-refractivity contribution in [3.8, 4) is 5.75 Å². The van der Waals surface area contributed by atoms with Gasteiger partial charge in [0.2, 0.25) is 0 Å². The van der Waals surface area contributed by atoms with E-state index in [4.69, 9.17) is 15.9 Å². The molecule has 2 rings (SSSR count). The molecule has 0 bridgehead atoms. The minimum Gasteiger partial charge on any atom is -0.497 e. The fourth-order valence-electron chi connectivity index (χ4n) is 2.11. The number of rotatable bonds is 7. The van der Waals surface area contributed by atoms with Crippen LogP contribution in [0, 0.1) is 5.41 Å². The first-order chi connectivity index (χ1) is 9.10. The third-order valence-corrected chi connectivity index (χ3v) is 4.13. The van der Waals surface area contributed by atoms with Gasteiger partial charge in [0.15, 0.2) is 0 Å². The SMILES string of the molecule is COc1ccc(Br)c(CN(CCC(=N)N)C2CC2)c1. The van der Waals surface area contributed by atoms with Gasteiger partial charge < -0.3 is 10.5 Å². The van der Waals surface area contributed by atoms with Crippen LogP contribution in [-0.2, 0) is 6.54 Å². The number of hydrogen-bond acceptors (Lipinski definition) is 3. The molecule has 0 atom stereocenters. The van der Waals surface area contributed by atoms with Gasteiger partial charge in [0.1, 0.15) is 5.75 Å². The van der Waals surface area contributed by atoms with Crippen LogP contribution < -0.4 is 10.5 Å². The Morgan fingerprint density at radius 1 is 1.53 bits per heavy atom. The Balaban J connectivity index is 2.05. The van der Waals surface area contributed by atoms with E-state index in [1.165, 1.54) is 18.4 Å². The monoisotopic (exact) mass is 325 g/mol. The maximum Gasteiger partial charge on any atom is 0.119 e. The summed E-state index contributed by atoms with van der Waals surface area (Å²) in [6, 6.07) is 6.68. The highest BCUT2D eigenvalue weighted by molar-refractivity contribution is 9.10. The van der Waals surface area contributed by atoms with Crippen molar-refractivity contribution in [2.45, 2.75) is 31.8 Å². The van der Waals surface area contributed by atoms with Crippen molar-refractivity contribution in [1.29, 1.82) is 5.41 Å². The second kappa shape index (κ2) is 6.39. The van der Waals surface area contributed by atoms with Crippen LogP contribution in [0.2, 0.25) is 0 Å². The van der Waals surface area contributed by atoms with Crippen molar-refractivity contribution in [3.05, 3.63) is 28.2 Å². The van der Waals surface area contributed by atoms with E-state index >= 15 is 0 Å². The number of ether oxygens (including phenoxy) is 1. The standard InChI is InChI=1S/C14H20BrN3O/c1-19-12-4-5-13(15)10(8-12)9-18(11-2-3-11)7-6-14(16)17/h4-5,8,11H,2-3,6-7,9H2,1H3,(H3,16,17). The maximum atomic E-state index is 7.36. The molecule has 0 spiro atoms. The highest BCUT2D eigenvalue weighted by Gasteiger charge is 2.29. The molecule has 1 aliphatic carbocycles. The van der Waals surface area contributed by atoms with Gasteiger partial charge in [-0.25, -0.2) is 0 Å². The van der Waals surface area contributed by atoms with Crippen LogP contribution in [-0.4, -0.2) is 30.4 Å². The predicted molar refractivity (Wildman–Crippen MR) is 80.7 cm³/mol. The molecule has 19 heavy (non-hydrogen) atoms. The molecule has 104 valence electrons. The summed E-state index contributed by atoms with van der Waals surface area (Å²) >= 11 is 3.59. The molecule has 0 radical (unpaired) electrons. The van der Waals surface area contributed by atoms with E-state index in [0.717, 1.165) is 23.3 Å². The van der Waals surface area contributed by atoms with Crippen LogP contribution in [0.3, 0.4) is 0 Å². The molecule has 1 aliphatic rings. The first-order valence-corrected chi connectivity index (χ1v) is 7.29. The molecule has 1 fully saturated rings. The summed E-state index contributed by atoms with van der Waals surface area (Å²) in [5.74, 6) is 1.14. The molecule has 4 nitrogen and oxygen atoms in total. The minimum atomic E-state index is 0.260. The normalized spacial score (nSPS) is 14.7. The van der Waals surface area contributed by atoms with E-state index in [9.17, 15) is 0 Å². The molecule has 0 heterocycles. The first-order valence-electron chi connectivity index (χ1n) is 6.49. The lowest BCUT2D eigenvalue weighted by Crippen LogP contribution is -2.29. The number of nitrogens with zero attached hydrogens (tertiary/aromatic N) is 1. The molecular weight excluding hydrogens is 306 g/mol. The molecule has 0 aliphatic heterocycles. The van der Waals surface area contributed by atoms with Gasteiger partial charge in [-0.05, 0) is 36.6 Å². The van der Waals surface area contributed by atoms with Crippen LogP contribution in [0.1, 0.15) is 24.8 Å². The molecular formula is C14H20BrN3O. The quantitative estimate of drug-likeness (QED) is 0.598. The third kappa shape index (κ3) is 4.21. The fourth-order valence-corrected chi connectivity index (χ4v) is 2.48. The highest BCUT2D eigenvalue weighted by Crippen LogP contribution is 2.31. The summed E-state index contributed by atoms with van der Waals surface area (Å²) in [4.78, 5) is 2.40. The van der Waals surface area contributed by atoms with Crippen molar-refractivity contribution in [2.75, 3.05) is 13.7 Å². The average molecular weight is 326 g/mol. The van der Waals surface area contributed by atoms with Crippen LogP contribution in [0.5, 0.6) is 5.75 Å². The van der Waals surface area contributed by atoms with Crippen LogP contribution in [0.15, 0.2) is 22.7 Å². The lowest BCUT2D eigenvalue weighted by Gasteiger charge is -2.22. The van der Waals surface area contributed by atoms with Gasteiger partial charge in [0.25, 0.3) is 0 Å². The topological polar surface area (TPSA) is 62.3 Å². The van der Waals surface area contributed by atoms with E-state index in [2.05, 4.69) is 26.9 Å². The Kier molecular flexibility index (Phi) is 4.82. The first kappa shape index (κ1) is 14.3. The van der Waals surface area contributed by atoms with Crippen molar-refractivity contribution in [1.82, 2.24) is 4.90 Å². The second-order valence-corrected chi connectivity index (χ2v) is 5.79. The predicted octanol–water partition coefficient (Wildman–Crippen LogP) is 2.75. The zero-order valence-corrected chi connectivity index (χ0v) is 12.7. The number of methoxy groups -OCH3 is 1. The Morgan fingerprint density at radius 2 is 2.26 bits per heavy atom. The molecule has 3 N–H and O–H groups in total. The molecule has 0 amide bonds. The average Bonchev–Trinajstić information content (AvgIpc) is 3.20. The summed E-state index contributed by atoms with van der Waals surface area (Å²) in [5, 5.41) is 7.36. The molecule has 1 saturated carbocycles. The van der Waals surface area contributed by atoms with Crippen molar-refractivity contribution < 1.29 is 4.74 Å². The largest absolute Gasteiger partial charge is 0.497 e. The minimum absolute atomic E-state index is 0.260. The molecule has 1 aromatic carbocycles. The number of benzene rings is 1. The van der Waals surface area contributed by atoms with Gasteiger partial charge in [-0.15, -0.1) is 0 Å². The van der Waals surface area contributed by atoms with Gasteiger partial charge >= 0.3 is 0 Å². The van der Waals surface area contributed by atoms with Gasteiger partial charge in [-0.3, -0.25) is 10.3 Å². The molecule has 1 aromatic rings. The molecule has 0 saturated heterocycles. The number of halogens is 1. The van der Waals surface area contributed by atoms with E-state index in [1.54, 1.807) is 7.11 Å². The van der Waals surface area contributed by atoms with Gasteiger partial charge in [-0.1, -0.05) is 15.9 Å². The lowest BCUT2D eigenvalue weighted by molar-refractivity contribution is 0.261. The zero-order chi connectivity index (χ0) is 13.8. The summed E-state index contributed by atoms with van der Waals surface area (Å²) in [5.41, 5.74) is 6.68. The Hall–Kier alpha value is -1.07. The number of nitrogens with two attached hydrogens (primary N) is 1. The summed E-state index contributed by atoms with van der Waals surface area (Å²) in [6.45, 7) is 1.72. The van der Waals surface area contributed by atoms with Gasteiger partial charge in [0.05, 0.1) is 12.9 Å². The van der Waals surface area contributed by atoms with E-state index in [0.29, 0.717) is 12.5 Å². The Morgan fingerprint density at radius 3 is 2.84 bits per heavy atom. The Bertz CT molecular complexity index is 460. The maximum absolute atomic E-state index is 7.36. The van der Waals surface area contributed by atoms with Crippen LogP contribution >= 0.6 is 15.9 Å². The third-order valence-electron chi connectivity index (χ3n) is 3.36. The second-order valence-electron chi connectivity index (χ2n) is 4.93. The number of hydrogen-bond donors (Lipinski definition) is 2.